The van der Waals surface area contributed by atoms with E-state index in [0.717, 1.165) is 29.5 Å². The number of nitrogens with zero attached hydrogens (tertiary/aromatic N) is 2. The minimum atomic E-state index is -0.247. The van der Waals surface area contributed by atoms with Crippen LogP contribution in [0.5, 0.6) is 0 Å². The van der Waals surface area contributed by atoms with Crippen LogP contribution in [0, 0.1) is 0 Å². The predicted molar refractivity (Wildman–Crippen MR) is 88.8 cm³/mol. The van der Waals surface area contributed by atoms with E-state index in [-0.39, 0.29) is 5.91 Å². The fourth-order valence-electron chi connectivity index (χ4n) is 2.84. The molecule has 1 aromatic carbocycles. The van der Waals surface area contributed by atoms with Crippen molar-refractivity contribution in [3.05, 3.63) is 51.6 Å². The molecule has 0 fully saturated rings. The van der Waals surface area contributed by atoms with Crippen molar-refractivity contribution in [1.82, 2.24) is 9.97 Å². The maximum atomic E-state index is 12.4. The van der Waals surface area contributed by atoms with Gasteiger partial charge in [-0.3, -0.25) is 4.79 Å². The quantitative estimate of drug-likeness (QED) is 0.770. The number of rotatable bonds is 2. The normalized spacial score (nSPS) is 13.3. The Balaban J connectivity index is 1.76. The molecule has 1 amide bonds. The summed E-state index contributed by atoms with van der Waals surface area (Å²) in [6, 6.07) is 6.99. The highest BCUT2D eigenvalue weighted by molar-refractivity contribution is 7.19. The number of benzene rings is 1. The summed E-state index contributed by atoms with van der Waals surface area (Å²) < 4.78 is 0. The second-order valence-electron chi connectivity index (χ2n) is 5.19. The van der Waals surface area contributed by atoms with Crippen LogP contribution in [0.3, 0.4) is 0 Å². The van der Waals surface area contributed by atoms with Gasteiger partial charge in [-0.1, -0.05) is 23.7 Å². The van der Waals surface area contributed by atoms with Crippen LogP contribution in [0.1, 0.15) is 27.2 Å². The van der Waals surface area contributed by atoms with E-state index in [1.54, 1.807) is 35.6 Å². The Morgan fingerprint density at radius 3 is 2.95 bits per heavy atom. The zero-order valence-electron chi connectivity index (χ0n) is 11.6. The Morgan fingerprint density at radius 1 is 1.23 bits per heavy atom. The van der Waals surface area contributed by atoms with Crippen LogP contribution in [0.4, 0.5) is 5.82 Å². The number of carbonyl (C=O) groups is 1. The lowest BCUT2D eigenvalue weighted by atomic mass is 10.1. The molecule has 1 N–H and O–H groups in total. The molecule has 0 aliphatic heterocycles. The molecule has 0 unspecified atom stereocenters. The third-order valence-electron chi connectivity index (χ3n) is 3.85. The average Bonchev–Trinajstić information content (AvgIpc) is 3.08. The number of aryl methyl sites for hydroxylation is 2. The second kappa shape index (κ2) is 5.34. The maximum Gasteiger partial charge on any atom is 0.258 e. The second-order valence-corrected chi connectivity index (χ2v) is 6.68. The van der Waals surface area contributed by atoms with Gasteiger partial charge in [0.2, 0.25) is 0 Å². The van der Waals surface area contributed by atoms with Gasteiger partial charge in [-0.05, 0) is 37.0 Å². The molecule has 1 aliphatic carbocycles. The monoisotopic (exact) mass is 329 g/mol. The highest BCUT2D eigenvalue weighted by Gasteiger charge is 2.22. The van der Waals surface area contributed by atoms with E-state index in [4.69, 9.17) is 11.6 Å². The number of halogens is 1. The summed E-state index contributed by atoms with van der Waals surface area (Å²) in [5, 5.41) is 4.31. The van der Waals surface area contributed by atoms with Crippen LogP contribution < -0.4 is 5.32 Å². The van der Waals surface area contributed by atoms with E-state index >= 15 is 0 Å². The number of amides is 1. The van der Waals surface area contributed by atoms with Gasteiger partial charge in [0.15, 0.2) is 0 Å². The third-order valence-corrected chi connectivity index (χ3v) is 5.38. The summed E-state index contributed by atoms with van der Waals surface area (Å²) in [4.78, 5) is 23.4. The van der Waals surface area contributed by atoms with Gasteiger partial charge in [-0.25, -0.2) is 9.97 Å². The van der Waals surface area contributed by atoms with Crippen LogP contribution in [0.2, 0.25) is 5.02 Å². The molecule has 3 aromatic rings. The number of hydrogen-bond acceptors (Lipinski definition) is 4. The van der Waals surface area contributed by atoms with Crippen molar-refractivity contribution < 1.29 is 4.79 Å². The zero-order valence-corrected chi connectivity index (χ0v) is 13.2. The van der Waals surface area contributed by atoms with Gasteiger partial charge < -0.3 is 5.32 Å². The molecule has 0 atom stereocenters. The lowest BCUT2D eigenvalue weighted by Crippen LogP contribution is -2.14. The Kier molecular flexibility index (Phi) is 3.32. The topological polar surface area (TPSA) is 54.9 Å². The molecule has 0 spiro atoms. The molecule has 6 heteroatoms. The van der Waals surface area contributed by atoms with Crippen LogP contribution in [-0.4, -0.2) is 15.9 Å². The number of nitrogens with one attached hydrogen (secondary N) is 1. The van der Waals surface area contributed by atoms with Gasteiger partial charge in [0.05, 0.1) is 16.0 Å². The number of carbonyl (C=O) groups excluding carboxylic acids is 1. The predicted octanol–water partition coefficient (Wildman–Crippen LogP) is 4.09. The van der Waals surface area contributed by atoms with Crippen LogP contribution in [0.25, 0.3) is 10.2 Å². The number of hydrogen-bond donors (Lipinski definition) is 1. The summed E-state index contributed by atoms with van der Waals surface area (Å²) in [7, 11) is 0. The molecule has 0 saturated carbocycles. The lowest BCUT2D eigenvalue weighted by molar-refractivity contribution is 0.102. The Labute approximate surface area is 136 Å². The Bertz CT molecular complexity index is 890. The van der Waals surface area contributed by atoms with Crippen molar-refractivity contribution in [2.24, 2.45) is 0 Å². The number of thiophene rings is 1. The van der Waals surface area contributed by atoms with Crippen molar-refractivity contribution in [3.8, 4) is 0 Å². The molecule has 4 rings (SSSR count). The van der Waals surface area contributed by atoms with E-state index in [1.807, 2.05) is 0 Å². The first-order valence-corrected chi connectivity index (χ1v) is 8.24. The highest BCUT2D eigenvalue weighted by Crippen LogP contribution is 2.39. The van der Waals surface area contributed by atoms with Gasteiger partial charge >= 0.3 is 0 Å². The summed E-state index contributed by atoms with van der Waals surface area (Å²) in [5.74, 6) is 0.331. The molecule has 22 heavy (non-hydrogen) atoms. The molecule has 0 radical (unpaired) electrons. The minimum absolute atomic E-state index is 0.247. The van der Waals surface area contributed by atoms with Gasteiger partial charge in [-0.15, -0.1) is 11.3 Å². The first-order chi connectivity index (χ1) is 10.7. The lowest BCUT2D eigenvalue weighted by Gasteiger charge is -2.07. The molecule has 4 nitrogen and oxygen atoms in total. The maximum absolute atomic E-state index is 12.4. The third kappa shape index (κ3) is 2.17. The zero-order chi connectivity index (χ0) is 15.1. The minimum Gasteiger partial charge on any atom is -0.306 e. The smallest absolute Gasteiger partial charge is 0.258 e. The molecular weight excluding hydrogens is 318 g/mol. The number of anilines is 1. The van der Waals surface area contributed by atoms with Crippen molar-refractivity contribution in [2.45, 2.75) is 19.3 Å². The number of aromatic nitrogens is 2. The van der Waals surface area contributed by atoms with Crippen molar-refractivity contribution in [1.29, 1.82) is 0 Å². The van der Waals surface area contributed by atoms with Crippen molar-refractivity contribution in [3.63, 3.8) is 0 Å². The van der Waals surface area contributed by atoms with E-state index in [1.165, 1.54) is 16.8 Å². The van der Waals surface area contributed by atoms with E-state index in [2.05, 4.69) is 15.3 Å². The number of fused-ring (bicyclic) bond motifs is 3. The first-order valence-electron chi connectivity index (χ1n) is 7.05. The summed E-state index contributed by atoms with van der Waals surface area (Å²) in [6.07, 6.45) is 4.77. The van der Waals surface area contributed by atoms with E-state index in [0.29, 0.717) is 16.4 Å². The average molecular weight is 330 g/mol. The molecule has 1 aliphatic rings. The first kappa shape index (κ1) is 13.7. The van der Waals surface area contributed by atoms with Gasteiger partial charge in [-0.2, -0.15) is 0 Å². The molecule has 0 bridgehead atoms. The molecular formula is C16H12ClN3OS. The van der Waals surface area contributed by atoms with Crippen LogP contribution in [-0.2, 0) is 12.8 Å². The van der Waals surface area contributed by atoms with Crippen molar-refractivity contribution >= 4 is 44.9 Å². The van der Waals surface area contributed by atoms with Crippen LogP contribution >= 0.6 is 22.9 Å². The molecule has 0 saturated heterocycles. The Morgan fingerprint density at radius 2 is 2.09 bits per heavy atom. The van der Waals surface area contributed by atoms with E-state index in [9.17, 15) is 4.79 Å². The largest absolute Gasteiger partial charge is 0.306 e. The van der Waals surface area contributed by atoms with E-state index < -0.39 is 0 Å². The molecule has 2 heterocycles. The molecule has 2 aromatic heterocycles. The fraction of sp³-hybridized carbons (Fsp3) is 0.188. The van der Waals surface area contributed by atoms with Crippen molar-refractivity contribution in [2.75, 3.05) is 5.32 Å². The summed E-state index contributed by atoms with van der Waals surface area (Å²) in [5.41, 5.74) is 1.73. The SMILES string of the molecule is O=C(Nc1ncnc2sc3c(c12)CCC3)c1ccccc1Cl. The van der Waals surface area contributed by atoms with Gasteiger partial charge in [0.25, 0.3) is 5.91 Å². The van der Waals surface area contributed by atoms with Crippen LogP contribution in [0.15, 0.2) is 30.6 Å². The molecule has 110 valence electrons. The summed E-state index contributed by atoms with van der Waals surface area (Å²) >= 11 is 7.78. The standard InChI is InChI=1S/C16H12ClN3OS/c17-11-6-2-1-4-9(11)15(21)20-14-13-10-5-3-7-12(10)22-16(13)19-8-18-14/h1-2,4,6,8H,3,5,7H2,(H,18,19,20,21). The van der Waals surface area contributed by atoms with Gasteiger partial charge in [0.1, 0.15) is 17.0 Å². The fourth-order valence-corrected chi connectivity index (χ4v) is 4.29. The van der Waals surface area contributed by atoms with Gasteiger partial charge in [0, 0.05) is 4.88 Å². The Hall–Kier alpha value is -1.98. The highest BCUT2D eigenvalue weighted by atomic mass is 35.5. The summed E-state index contributed by atoms with van der Waals surface area (Å²) in [6.45, 7) is 0.